The van der Waals surface area contributed by atoms with Crippen LogP contribution in [-0.4, -0.2) is 53.5 Å². The summed E-state index contributed by atoms with van der Waals surface area (Å²) >= 11 is 0. The molecule has 0 aliphatic carbocycles. The normalized spacial score (nSPS) is 16.6. The van der Waals surface area contributed by atoms with Gasteiger partial charge in [-0.3, -0.25) is 9.58 Å². The largest absolute Gasteiger partial charge is 0.379 e. The number of hydrogen-bond acceptors (Lipinski definition) is 6. The fraction of sp³-hybridized carbons (Fsp3) is 0.750. The number of hydrogen-bond donors (Lipinski definition) is 1. The number of carbonyl (C=O) groups excluding carboxylic acids is 1. The minimum absolute atomic E-state index is 0.140. The molecule has 7 nitrogen and oxygen atoms in total. The van der Waals surface area contributed by atoms with Gasteiger partial charge in [-0.05, 0) is 6.42 Å². The van der Waals surface area contributed by atoms with Crippen LogP contribution in [0.5, 0.6) is 0 Å². The standard InChI is InChI=1S/C16H28N4O3/c1-5-12-13(15(21)23-17)20(18-14(12)16(2,3)4)7-6-19-8-10-22-11-9-19/h5-11,17H2,1-4H3. The highest BCUT2D eigenvalue weighted by molar-refractivity contribution is 5.89. The van der Waals surface area contributed by atoms with E-state index < -0.39 is 5.97 Å². The molecule has 0 radical (unpaired) electrons. The SMILES string of the molecule is CCc1c(C(C)(C)C)nn(CCN2CCOCC2)c1C(=O)ON. The summed E-state index contributed by atoms with van der Waals surface area (Å²) in [6, 6.07) is 0. The van der Waals surface area contributed by atoms with E-state index in [1.54, 1.807) is 4.68 Å². The molecule has 1 aromatic rings. The first kappa shape index (κ1) is 17.9. The van der Waals surface area contributed by atoms with Crippen molar-refractivity contribution in [1.29, 1.82) is 0 Å². The molecule has 1 aromatic heterocycles. The van der Waals surface area contributed by atoms with Gasteiger partial charge in [-0.15, -0.1) is 0 Å². The molecule has 0 atom stereocenters. The molecule has 7 heteroatoms. The van der Waals surface area contributed by atoms with Crippen LogP contribution in [0.4, 0.5) is 0 Å². The highest BCUT2D eigenvalue weighted by Crippen LogP contribution is 2.28. The Labute approximate surface area is 137 Å². The molecule has 2 rings (SSSR count). The summed E-state index contributed by atoms with van der Waals surface area (Å²) in [5.41, 5.74) is 2.20. The summed E-state index contributed by atoms with van der Waals surface area (Å²) in [6.45, 7) is 13.1. The minimum atomic E-state index is -0.521. The lowest BCUT2D eigenvalue weighted by molar-refractivity contribution is 0.0350. The predicted octanol–water partition coefficient (Wildman–Crippen LogP) is 1.11. The third-order valence-electron chi connectivity index (χ3n) is 4.15. The summed E-state index contributed by atoms with van der Waals surface area (Å²) in [7, 11) is 0. The molecular weight excluding hydrogens is 296 g/mol. The maximum absolute atomic E-state index is 12.2. The smallest absolute Gasteiger partial charge is 0.375 e. The maximum atomic E-state index is 12.2. The number of morpholine rings is 1. The molecule has 130 valence electrons. The van der Waals surface area contributed by atoms with Gasteiger partial charge >= 0.3 is 5.97 Å². The van der Waals surface area contributed by atoms with Crippen LogP contribution in [0.15, 0.2) is 0 Å². The van der Waals surface area contributed by atoms with Crippen molar-refractivity contribution in [3.8, 4) is 0 Å². The number of nitrogens with zero attached hydrogens (tertiary/aromatic N) is 3. The van der Waals surface area contributed by atoms with Gasteiger partial charge in [0, 0.05) is 30.6 Å². The third-order valence-corrected chi connectivity index (χ3v) is 4.15. The monoisotopic (exact) mass is 324 g/mol. The van der Waals surface area contributed by atoms with Gasteiger partial charge < -0.3 is 9.57 Å². The van der Waals surface area contributed by atoms with E-state index >= 15 is 0 Å². The van der Waals surface area contributed by atoms with Crippen molar-refractivity contribution < 1.29 is 14.4 Å². The Morgan fingerprint density at radius 1 is 1.30 bits per heavy atom. The first-order valence-electron chi connectivity index (χ1n) is 8.19. The summed E-state index contributed by atoms with van der Waals surface area (Å²) < 4.78 is 7.12. The highest BCUT2D eigenvalue weighted by atomic mass is 16.7. The molecule has 1 fully saturated rings. The zero-order valence-corrected chi connectivity index (χ0v) is 14.6. The van der Waals surface area contributed by atoms with E-state index in [2.05, 4.69) is 30.5 Å². The van der Waals surface area contributed by atoms with Crippen LogP contribution >= 0.6 is 0 Å². The van der Waals surface area contributed by atoms with Crippen LogP contribution in [0.1, 0.15) is 49.4 Å². The van der Waals surface area contributed by atoms with Gasteiger partial charge in [0.15, 0.2) is 5.69 Å². The second-order valence-corrected chi connectivity index (χ2v) is 6.86. The number of nitrogens with two attached hydrogens (primary N) is 1. The molecule has 0 bridgehead atoms. The van der Waals surface area contributed by atoms with Crippen LogP contribution in [-0.2, 0) is 28.0 Å². The molecule has 1 saturated heterocycles. The van der Waals surface area contributed by atoms with Gasteiger partial charge in [0.2, 0.25) is 0 Å². The van der Waals surface area contributed by atoms with Crippen molar-refractivity contribution in [2.75, 3.05) is 32.8 Å². The van der Waals surface area contributed by atoms with Gasteiger partial charge in [0.25, 0.3) is 0 Å². The van der Waals surface area contributed by atoms with E-state index in [1.165, 1.54) is 0 Å². The van der Waals surface area contributed by atoms with Crippen molar-refractivity contribution >= 4 is 5.97 Å². The van der Waals surface area contributed by atoms with Crippen molar-refractivity contribution in [2.24, 2.45) is 5.90 Å². The fourth-order valence-corrected chi connectivity index (χ4v) is 2.94. The van der Waals surface area contributed by atoms with Crippen LogP contribution in [0.2, 0.25) is 0 Å². The fourth-order valence-electron chi connectivity index (χ4n) is 2.94. The summed E-state index contributed by atoms with van der Waals surface area (Å²) in [4.78, 5) is 19.0. The number of carbonyl (C=O) groups is 1. The second-order valence-electron chi connectivity index (χ2n) is 6.86. The highest BCUT2D eigenvalue weighted by Gasteiger charge is 2.29. The number of ether oxygens (including phenoxy) is 1. The molecule has 2 N–H and O–H groups in total. The van der Waals surface area contributed by atoms with Crippen LogP contribution in [0.25, 0.3) is 0 Å². The zero-order chi connectivity index (χ0) is 17.0. The van der Waals surface area contributed by atoms with Gasteiger partial charge in [0.05, 0.1) is 25.5 Å². The lowest BCUT2D eigenvalue weighted by Gasteiger charge is -2.26. The molecule has 0 aromatic carbocycles. The molecular formula is C16H28N4O3. The second kappa shape index (κ2) is 7.42. The summed E-state index contributed by atoms with van der Waals surface area (Å²) in [6.07, 6.45) is 0.717. The molecule has 1 aliphatic heterocycles. The Morgan fingerprint density at radius 2 is 1.96 bits per heavy atom. The molecule has 0 amide bonds. The van der Waals surface area contributed by atoms with Crippen molar-refractivity contribution in [3.63, 3.8) is 0 Å². The van der Waals surface area contributed by atoms with E-state index in [4.69, 9.17) is 15.7 Å². The Balaban J connectivity index is 2.28. The van der Waals surface area contributed by atoms with E-state index in [0.29, 0.717) is 18.7 Å². The Hall–Kier alpha value is -1.44. The van der Waals surface area contributed by atoms with Gasteiger partial charge in [-0.1, -0.05) is 27.7 Å². The van der Waals surface area contributed by atoms with Gasteiger partial charge in [-0.2, -0.15) is 11.0 Å². The quantitative estimate of drug-likeness (QED) is 0.817. The Morgan fingerprint density at radius 3 is 2.48 bits per heavy atom. The first-order chi connectivity index (χ1) is 10.9. The average molecular weight is 324 g/mol. The molecule has 0 spiro atoms. The lowest BCUT2D eigenvalue weighted by atomic mass is 9.88. The first-order valence-corrected chi connectivity index (χ1v) is 8.19. The summed E-state index contributed by atoms with van der Waals surface area (Å²) in [5.74, 6) is 4.61. The van der Waals surface area contributed by atoms with Crippen LogP contribution < -0.4 is 5.90 Å². The predicted molar refractivity (Wildman–Crippen MR) is 87.2 cm³/mol. The molecule has 1 aliphatic rings. The Bertz CT molecular complexity index is 542. The van der Waals surface area contributed by atoms with E-state index in [9.17, 15) is 4.79 Å². The van der Waals surface area contributed by atoms with Crippen LogP contribution in [0.3, 0.4) is 0 Å². The molecule has 23 heavy (non-hydrogen) atoms. The minimum Gasteiger partial charge on any atom is -0.379 e. The zero-order valence-electron chi connectivity index (χ0n) is 14.6. The number of aromatic nitrogens is 2. The molecule has 0 unspecified atom stereocenters. The molecule has 0 saturated carbocycles. The molecule has 2 heterocycles. The van der Waals surface area contributed by atoms with E-state index in [-0.39, 0.29) is 5.41 Å². The lowest BCUT2D eigenvalue weighted by Crippen LogP contribution is -2.38. The van der Waals surface area contributed by atoms with Crippen LogP contribution in [0, 0.1) is 0 Å². The average Bonchev–Trinajstić information content (AvgIpc) is 2.92. The van der Waals surface area contributed by atoms with Crippen molar-refractivity contribution in [3.05, 3.63) is 17.0 Å². The number of rotatable bonds is 5. The topological polar surface area (TPSA) is 82.6 Å². The third kappa shape index (κ3) is 4.10. The van der Waals surface area contributed by atoms with E-state index in [1.807, 2.05) is 6.92 Å². The maximum Gasteiger partial charge on any atom is 0.375 e. The van der Waals surface area contributed by atoms with E-state index in [0.717, 1.165) is 44.1 Å². The van der Waals surface area contributed by atoms with Crippen molar-refractivity contribution in [1.82, 2.24) is 14.7 Å². The van der Waals surface area contributed by atoms with Crippen molar-refractivity contribution in [2.45, 2.75) is 46.1 Å². The van der Waals surface area contributed by atoms with Gasteiger partial charge in [0.1, 0.15) is 0 Å². The Kier molecular flexibility index (Phi) is 5.78. The van der Waals surface area contributed by atoms with Gasteiger partial charge in [-0.25, -0.2) is 4.79 Å². The summed E-state index contributed by atoms with van der Waals surface area (Å²) in [5, 5.41) is 4.71.